The largest absolute Gasteiger partial charge is 0.264 e. The Hall–Kier alpha value is -1.79. The van der Waals surface area contributed by atoms with Gasteiger partial charge in [0.15, 0.2) is 0 Å². The van der Waals surface area contributed by atoms with Gasteiger partial charge in [-0.2, -0.15) is 0 Å². The van der Waals surface area contributed by atoms with E-state index >= 15 is 0 Å². The van der Waals surface area contributed by atoms with Gasteiger partial charge in [-0.25, -0.2) is 13.1 Å². The molecule has 1 N–H and O–H groups in total. The Labute approximate surface area is 137 Å². The minimum absolute atomic E-state index is 0.255. The summed E-state index contributed by atoms with van der Waals surface area (Å²) in [5.74, 6) is 0. The summed E-state index contributed by atoms with van der Waals surface area (Å²) < 4.78 is 27.7. The predicted octanol–water partition coefficient (Wildman–Crippen LogP) is 2.90. The molecule has 0 aliphatic heterocycles. The molecule has 1 aliphatic carbocycles. The fraction of sp³-hybridized carbons (Fsp3) is 0.412. The van der Waals surface area contributed by atoms with Gasteiger partial charge in [-0.3, -0.25) is 9.97 Å². The fourth-order valence-electron chi connectivity index (χ4n) is 3.02. The maximum atomic E-state index is 12.5. The van der Waals surface area contributed by atoms with Crippen molar-refractivity contribution in [3.8, 4) is 11.3 Å². The van der Waals surface area contributed by atoms with Crippen molar-refractivity contribution in [3.05, 3.63) is 48.4 Å². The van der Waals surface area contributed by atoms with E-state index in [1.807, 2.05) is 24.3 Å². The summed E-state index contributed by atoms with van der Waals surface area (Å²) >= 11 is 0. The van der Waals surface area contributed by atoms with Crippen molar-refractivity contribution < 1.29 is 8.42 Å². The number of sulfonamides is 1. The van der Waals surface area contributed by atoms with E-state index in [1.165, 1.54) is 0 Å². The van der Waals surface area contributed by atoms with Gasteiger partial charge in [0.2, 0.25) is 10.0 Å². The van der Waals surface area contributed by atoms with Crippen molar-refractivity contribution in [1.82, 2.24) is 14.7 Å². The van der Waals surface area contributed by atoms with E-state index in [1.54, 1.807) is 18.6 Å². The second-order valence-electron chi connectivity index (χ2n) is 5.88. The lowest BCUT2D eigenvalue weighted by Gasteiger charge is -2.22. The SMILES string of the molecule is O=S(=O)(NCc1cccnc1-c1cccnc1)C1CCCCC1. The molecule has 2 aromatic heterocycles. The lowest BCUT2D eigenvalue weighted by molar-refractivity contribution is 0.477. The lowest BCUT2D eigenvalue weighted by Crippen LogP contribution is -2.35. The molecule has 0 spiro atoms. The first kappa shape index (κ1) is 16.1. The molecule has 1 aliphatic rings. The zero-order valence-electron chi connectivity index (χ0n) is 13.0. The minimum Gasteiger partial charge on any atom is -0.264 e. The second-order valence-corrected chi connectivity index (χ2v) is 7.92. The molecule has 2 aromatic rings. The van der Waals surface area contributed by atoms with Crippen LogP contribution in [0.4, 0.5) is 0 Å². The first-order valence-corrected chi connectivity index (χ1v) is 9.54. The highest BCUT2D eigenvalue weighted by molar-refractivity contribution is 7.90. The van der Waals surface area contributed by atoms with Crippen LogP contribution < -0.4 is 4.72 Å². The van der Waals surface area contributed by atoms with Crippen LogP contribution in [0.15, 0.2) is 42.9 Å². The summed E-state index contributed by atoms with van der Waals surface area (Å²) in [4.78, 5) is 8.49. The van der Waals surface area contributed by atoms with Crippen LogP contribution in [-0.4, -0.2) is 23.6 Å². The fourth-order valence-corrected chi connectivity index (χ4v) is 4.56. The van der Waals surface area contributed by atoms with E-state index in [9.17, 15) is 8.42 Å². The third-order valence-corrected chi connectivity index (χ3v) is 6.18. The molecular formula is C17H21N3O2S. The second kappa shape index (κ2) is 7.19. The van der Waals surface area contributed by atoms with E-state index in [2.05, 4.69) is 14.7 Å². The zero-order valence-corrected chi connectivity index (χ0v) is 13.8. The quantitative estimate of drug-likeness (QED) is 0.914. The Morgan fingerprint density at radius 3 is 2.61 bits per heavy atom. The maximum absolute atomic E-state index is 12.5. The molecule has 122 valence electrons. The molecule has 2 heterocycles. The average molecular weight is 331 g/mol. The third-order valence-electron chi connectivity index (χ3n) is 4.28. The van der Waals surface area contributed by atoms with Crippen molar-refractivity contribution in [2.45, 2.75) is 43.9 Å². The number of nitrogens with zero attached hydrogens (tertiary/aromatic N) is 2. The van der Waals surface area contributed by atoms with E-state index in [4.69, 9.17) is 0 Å². The summed E-state index contributed by atoms with van der Waals surface area (Å²) in [5, 5.41) is -0.255. The van der Waals surface area contributed by atoms with Crippen LogP contribution in [0.5, 0.6) is 0 Å². The van der Waals surface area contributed by atoms with Gasteiger partial charge in [0.25, 0.3) is 0 Å². The average Bonchev–Trinajstić information content (AvgIpc) is 2.62. The van der Waals surface area contributed by atoms with Crippen LogP contribution in [0.1, 0.15) is 37.7 Å². The number of hydrogen-bond acceptors (Lipinski definition) is 4. The number of nitrogens with one attached hydrogen (secondary N) is 1. The summed E-state index contributed by atoms with van der Waals surface area (Å²) in [6.07, 6.45) is 9.81. The van der Waals surface area contributed by atoms with Crippen molar-refractivity contribution in [2.75, 3.05) is 0 Å². The summed E-state index contributed by atoms with van der Waals surface area (Å²) in [7, 11) is -3.27. The van der Waals surface area contributed by atoms with Crippen molar-refractivity contribution in [2.24, 2.45) is 0 Å². The van der Waals surface area contributed by atoms with Gasteiger partial charge in [-0.1, -0.05) is 25.3 Å². The monoisotopic (exact) mass is 331 g/mol. The molecule has 3 rings (SSSR count). The lowest BCUT2D eigenvalue weighted by atomic mass is 10.0. The minimum atomic E-state index is -3.27. The molecule has 0 unspecified atom stereocenters. The van der Waals surface area contributed by atoms with Crippen molar-refractivity contribution >= 4 is 10.0 Å². The number of hydrogen-bond donors (Lipinski definition) is 1. The Balaban J connectivity index is 1.76. The topological polar surface area (TPSA) is 72.0 Å². The normalized spacial score (nSPS) is 16.3. The summed E-state index contributed by atoms with van der Waals surface area (Å²) in [5.41, 5.74) is 2.52. The third kappa shape index (κ3) is 3.95. The van der Waals surface area contributed by atoms with Gasteiger partial charge in [-0.15, -0.1) is 0 Å². The molecule has 0 amide bonds. The summed E-state index contributed by atoms with van der Waals surface area (Å²) in [6.45, 7) is 0.261. The molecule has 1 fully saturated rings. The first-order valence-electron chi connectivity index (χ1n) is 7.99. The maximum Gasteiger partial charge on any atom is 0.214 e. The highest BCUT2D eigenvalue weighted by Gasteiger charge is 2.26. The van der Waals surface area contributed by atoms with Crippen molar-refractivity contribution in [1.29, 1.82) is 0 Å². The molecule has 1 saturated carbocycles. The molecule has 0 bridgehead atoms. The summed E-state index contributed by atoms with van der Waals surface area (Å²) in [6, 6.07) is 7.50. The standard InChI is InChI=1S/C17H21N3O2S/c21-23(22,16-8-2-1-3-9-16)20-13-15-7-5-11-19-17(15)14-6-4-10-18-12-14/h4-7,10-12,16,20H,1-3,8-9,13H2. The van der Waals surface area contributed by atoms with Gasteiger partial charge >= 0.3 is 0 Å². The molecule has 0 atom stereocenters. The smallest absolute Gasteiger partial charge is 0.214 e. The van der Waals surface area contributed by atoms with Crippen LogP contribution in [0.2, 0.25) is 0 Å². The van der Waals surface area contributed by atoms with Crippen LogP contribution in [0.3, 0.4) is 0 Å². The van der Waals surface area contributed by atoms with Gasteiger partial charge in [-0.05, 0) is 36.6 Å². The van der Waals surface area contributed by atoms with Gasteiger partial charge in [0.1, 0.15) is 0 Å². The molecule has 5 nitrogen and oxygen atoms in total. The van der Waals surface area contributed by atoms with Crippen molar-refractivity contribution in [3.63, 3.8) is 0 Å². The Morgan fingerprint density at radius 1 is 1.09 bits per heavy atom. The predicted molar refractivity (Wildman–Crippen MR) is 90.1 cm³/mol. The van der Waals surface area contributed by atoms with Crippen LogP contribution in [-0.2, 0) is 16.6 Å². The molecular weight excluding hydrogens is 310 g/mol. The highest BCUT2D eigenvalue weighted by Crippen LogP contribution is 2.24. The number of pyridine rings is 2. The first-order chi connectivity index (χ1) is 11.2. The Bertz CT molecular complexity index is 741. The van der Waals surface area contributed by atoms with E-state index in [-0.39, 0.29) is 11.8 Å². The molecule has 0 saturated heterocycles. The number of rotatable bonds is 5. The molecule has 0 aromatic carbocycles. The van der Waals surface area contributed by atoms with Gasteiger partial charge in [0.05, 0.1) is 10.9 Å². The van der Waals surface area contributed by atoms with E-state index in [0.717, 1.165) is 48.9 Å². The van der Waals surface area contributed by atoms with Crippen LogP contribution in [0.25, 0.3) is 11.3 Å². The van der Waals surface area contributed by atoms with E-state index in [0.29, 0.717) is 0 Å². The van der Waals surface area contributed by atoms with Crippen LogP contribution >= 0.6 is 0 Å². The van der Waals surface area contributed by atoms with Gasteiger partial charge in [0, 0.05) is 30.7 Å². The van der Waals surface area contributed by atoms with Gasteiger partial charge < -0.3 is 0 Å². The molecule has 23 heavy (non-hydrogen) atoms. The Kier molecular flexibility index (Phi) is 5.03. The molecule has 6 heteroatoms. The number of aromatic nitrogens is 2. The van der Waals surface area contributed by atoms with E-state index < -0.39 is 10.0 Å². The molecule has 0 radical (unpaired) electrons. The highest BCUT2D eigenvalue weighted by atomic mass is 32.2. The van der Waals surface area contributed by atoms with Crippen LogP contribution in [0, 0.1) is 0 Å². The Morgan fingerprint density at radius 2 is 1.87 bits per heavy atom. The zero-order chi connectivity index (χ0) is 16.1.